The van der Waals surface area contributed by atoms with Gasteiger partial charge in [0, 0.05) is 10.2 Å². The van der Waals surface area contributed by atoms with Crippen molar-refractivity contribution in [3.8, 4) is 0 Å². The summed E-state index contributed by atoms with van der Waals surface area (Å²) in [5, 5.41) is 8.79. The number of carbonyl (C=O) groups is 3. The molecule has 0 unspecified atom stereocenters. The van der Waals surface area contributed by atoms with Crippen molar-refractivity contribution in [3.05, 3.63) is 100 Å². The maximum Gasteiger partial charge on any atom is 0.408 e. The van der Waals surface area contributed by atoms with Gasteiger partial charge < -0.3 is 20.1 Å². The highest BCUT2D eigenvalue weighted by molar-refractivity contribution is 9.10. The number of hydrogen-bond acceptors (Lipinski definition) is 6. The van der Waals surface area contributed by atoms with Crippen molar-refractivity contribution in [2.75, 3.05) is 19.0 Å². The molecule has 0 aliphatic heterocycles. The predicted molar refractivity (Wildman–Crippen MR) is 145 cm³/mol. The van der Waals surface area contributed by atoms with Gasteiger partial charge in [-0.25, -0.2) is 4.79 Å². The minimum atomic E-state index is -0.807. The van der Waals surface area contributed by atoms with E-state index in [1.807, 2.05) is 72.8 Å². The fraction of sp³-hybridized carbons (Fsp3) is 0.250. The summed E-state index contributed by atoms with van der Waals surface area (Å²) in [6.07, 6.45) is -0.315. The smallest absolute Gasteiger partial charge is 0.408 e. The molecule has 0 saturated carbocycles. The monoisotopic (exact) mass is 567 g/mol. The molecule has 0 radical (unpaired) electrons. The van der Waals surface area contributed by atoms with Crippen molar-refractivity contribution in [2.24, 2.45) is 0 Å². The minimum Gasteiger partial charge on any atom is -0.468 e. The number of halogens is 1. The zero-order valence-corrected chi connectivity index (χ0v) is 22.3. The number of nitrogens with one attached hydrogen (secondary N) is 3. The van der Waals surface area contributed by atoms with Gasteiger partial charge in [0.15, 0.2) is 0 Å². The fourth-order valence-electron chi connectivity index (χ4n) is 3.68. The molecule has 194 valence electrons. The Morgan fingerprint density at radius 3 is 2.27 bits per heavy atom. The van der Waals surface area contributed by atoms with E-state index in [1.165, 1.54) is 7.11 Å². The van der Waals surface area contributed by atoms with E-state index in [2.05, 4.69) is 31.9 Å². The molecule has 3 aromatic carbocycles. The van der Waals surface area contributed by atoms with Crippen LogP contribution in [-0.2, 0) is 25.7 Å². The van der Waals surface area contributed by atoms with Gasteiger partial charge in [-0.1, -0.05) is 83.5 Å². The summed E-state index contributed by atoms with van der Waals surface area (Å²) < 4.78 is 10.9. The van der Waals surface area contributed by atoms with Crippen LogP contribution in [0.15, 0.2) is 83.3 Å². The number of hydrogen-bond donors (Lipinski definition) is 3. The number of benzene rings is 3. The molecule has 0 spiro atoms. The van der Waals surface area contributed by atoms with Crippen molar-refractivity contribution in [2.45, 2.75) is 32.0 Å². The fourth-order valence-corrected chi connectivity index (χ4v) is 4.06. The number of alkyl carbamates (subject to hydrolysis) is 1. The summed E-state index contributed by atoms with van der Waals surface area (Å²) in [6, 6.07) is 23.1. The quantitative estimate of drug-likeness (QED) is 0.283. The van der Waals surface area contributed by atoms with Crippen LogP contribution >= 0.6 is 15.9 Å². The lowest BCUT2D eigenvalue weighted by Gasteiger charge is -2.24. The Morgan fingerprint density at radius 1 is 0.946 bits per heavy atom. The topological polar surface area (TPSA) is 106 Å². The first-order valence-corrected chi connectivity index (χ1v) is 12.6. The largest absolute Gasteiger partial charge is 0.468 e. The van der Waals surface area contributed by atoms with Crippen LogP contribution in [0.4, 0.5) is 10.5 Å². The van der Waals surface area contributed by atoms with Gasteiger partial charge in [-0.15, -0.1) is 0 Å². The number of ether oxygens (including phenoxy) is 2. The Hall–Kier alpha value is -3.69. The highest BCUT2D eigenvalue weighted by Crippen LogP contribution is 2.31. The molecule has 8 nitrogen and oxygen atoms in total. The molecule has 3 rings (SSSR count). The van der Waals surface area contributed by atoms with Gasteiger partial charge in [-0.3, -0.25) is 14.9 Å². The van der Waals surface area contributed by atoms with Gasteiger partial charge in [-0.05, 0) is 41.3 Å². The lowest BCUT2D eigenvalue weighted by atomic mass is 9.96. The van der Waals surface area contributed by atoms with E-state index < -0.39 is 24.1 Å². The average Bonchev–Trinajstić information content (AvgIpc) is 2.92. The average molecular weight is 568 g/mol. The molecule has 3 aromatic rings. The molecule has 2 amide bonds. The van der Waals surface area contributed by atoms with Gasteiger partial charge in [0.25, 0.3) is 0 Å². The molecule has 37 heavy (non-hydrogen) atoms. The molecule has 0 fully saturated rings. The molecular weight excluding hydrogens is 538 g/mol. The van der Waals surface area contributed by atoms with Crippen LogP contribution in [0.25, 0.3) is 0 Å². The lowest BCUT2D eigenvalue weighted by molar-refractivity contribution is -0.139. The normalized spacial score (nSPS) is 12.2. The number of carbonyl (C=O) groups excluding carboxylic acids is 3. The minimum absolute atomic E-state index is 0.0254. The van der Waals surface area contributed by atoms with Crippen LogP contribution in [0.1, 0.15) is 36.1 Å². The molecule has 2 atom stereocenters. The number of esters is 1. The number of rotatable bonds is 11. The molecule has 0 aliphatic rings. The molecule has 9 heteroatoms. The molecule has 0 heterocycles. The number of methoxy groups -OCH3 is 1. The molecule has 0 saturated heterocycles. The summed E-state index contributed by atoms with van der Waals surface area (Å²) in [5.41, 5.74) is 3.02. The van der Waals surface area contributed by atoms with E-state index in [4.69, 9.17) is 9.47 Å². The highest BCUT2D eigenvalue weighted by atomic mass is 79.9. The first-order chi connectivity index (χ1) is 17.9. The van der Waals surface area contributed by atoms with Crippen molar-refractivity contribution < 1.29 is 23.9 Å². The van der Waals surface area contributed by atoms with Crippen molar-refractivity contribution in [1.82, 2.24) is 10.6 Å². The SMILES string of the molecule is CC[C@@H](NC(=O)OCc1ccccc1)C(=O)Nc1ccc(Br)cc1[C@@H](NCC(=O)OC)c1ccccc1. The Balaban J connectivity index is 1.77. The Kier molecular flexibility index (Phi) is 10.7. The Morgan fingerprint density at radius 2 is 1.62 bits per heavy atom. The second-order valence-corrected chi connectivity index (χ2v) is 9.10. The first-order valence-electron chi connectivity index (χ1n) is 11.8. The molecule has 0 aromatic heterocycles. The molecular formula is C28H30BrN3O5. The predicted octanol–water partition coefficient (Wildman–Crippen LogP) is 4.94. The van der Waals surface area contributed by atoms with Gasteiger partial charge >= 0.3 is 12.1 Å². The molecule has 3 N–H and O–H groups in total. The lowest BCUT2D eigenvalue weighted by Crippen LogP contribution is -2.43. The molecule has 0 bridgehead atoms. The second kappa shape index (κ2) is 14.2. The maximum atomic E-state index is 13.2. The Bertz CT molecular complexity index is 1190. The van der Waals surface area contributed by atoms with Crippen LogP contribution in [0.3, 0.4) is 0 Å². The zero-order chi connectivity index (χ0) is 26.6. The van der Waals surface area contributed by atoms with E-state index in [0.29, 0.717) is 12.1 Å². The number of amides is 2. The van der Waals surface area contributed by atoms with E-state index in [0.717, 1.165) is 21.2 Å². The second-order valence-electron chi connectivity index (χ2n) is 8.19. The summed E-state index contributed by atoms with van der Waals surface area (Å²) in [7, 11) is 1.33. The summed E-state index contributed by atoms with van der Waals surface area (Å²) in [4.78, 5) is 37.4. The van der Waals surface area contributed by atoms with Crippen molar-refractivity contribution in [1.29, 1.82) is 0 Å². The third kappa shape index (κ3) is 8.44. The summed E-state index contributed by atoms with van der Waals surface area (Å²) in [6.45, 7) is 1.88. The first kappa shape index (κ1) is 27.9. The summed E-state index contributed by atoms with van der Waals surface area (Å²) in [5.74, 6) is -0.798. The van der Waals surface area contributed by atoms with Crippen LogP contribution < -0.4 is 16.0 Å². The van der Waals surface area contributed by atoms with Gasteiger partial charge in [0.1, 0.15) is 12.6 Å². The van der Waals surface area contributed by atoms with Gasteiger partial charge in [0.05, 0.1) is 19.7 Å². The van der Waals surface area contributed by atoms with Crippen LogP contribution in [0.2, 0.25) is 0 Å². The zero-order valence-electron chi connectivity index (χ0n) is 20.7. The van der Waals surface area contributed by atoms with Gasteiger partial charge in [-0.2, -0.15) is 0 Å². The van der Waals surface area contributed by atoms with E-state index in [-0.39, 0.29) is 19.1 Å². The Labute approximate surface area is 224 Å². The van der Waals surface area contributed by atoms with Gasteiger partial charge in [0.2, 0.25) is 5.91 Å². The maximum absolute atomic E-state index is 13.2. The summed E-state index contributed by atoms with van der Waals surface area (Å²) >= 11 is 3.50. The standard InChI is InChI=1S/C28H30BrN3O5/c1-3-23(32-28(35)37-18-19-10-6-4-7-11-19)27(34)31-24-15-14-21(29)16-22(24)26(30-17-25(33)36-2)20-12-8-5-9-13-20/h4-16,23,26,30H,3,17-18H2,1-2H3,(H,31,34)(H,32,35)/t23-,26+/m1/s1. The van der Waals surface area contributed by atoms with Crippen molar-refractivity contribution in [3.63, 3.8) is 0 Å². The highest BCUT2D eigenvalue weighted by Gasteiger charge is 2.24. The van der Waals surface area contributed by atoms with E-state index >= 15 is 0 Å². The third-order valence-electron chi connectivity index (χ3n) is 5.62. The van der Waals surface area contributed by atoms with E-state index in [9.17, 15) is 14.4 Å². The third-order valence-corrected chi connectivity index (χ3v) is 6.12. The van der Waals surface area contributed by atoms with Crippen LogP contribution in [0, 0.1) is 0 Å². The van der Waals surface area contributed by atoms with E-state index in [1.54, 1.807) is 13.0 Å². The molecule has 0 aliphatic carbocycles. The van der Waals surface area contributed by atoms with Crippen LogP contribution in [0.5, 0.6) is 0 Å². The number of anilines is 1. The van der Waals surface area contributed by atoms with Crippen molar-refractivity contribution >= 4 is 39.6 Å². The van der Waals surface area contributed by atoms with Crippen LogP contribution in [-0.4, -0.2) is 37.7 Å².